The quantitative estimate of drug-likeness (QED) is 0.809. The molecule has 0 saturated carbocycles. The van der Waals surface area contributed by atoms with Gasteiger partial charge in [-0.1, -0.05) is 0 Å². The molecule has 1 fully saturated rings. The molecule has 1 aliphatic heterocycles. The van der Waals surface area contributed by atoms with Gasteiger partial charge in [0, 0.05) is 38.2 Å². The van der Waals surface area contributed by atoms with Crippen LogP contribution in [0.25, 0.3) is 0 Å². The maximum atomic E-state index is 5.38. The van der Waals surface area contributed by atoms with Crippen molar-refractivity contribution in [2.45, 2.75) is 36.6 Å². The Morgan fingerprint density at radius 3 is 2.89 bits per heavy atom. The highest BCUT2D eigenvalue weighted by atomic mass is 32.2. The topological polar surface area (TPSA) is 56.3 Å². The molecule has 0 bridgehead atoms. The molecule has 2 rings (SSSR count). The molecule has 0 amide bonds. The van der Waals surface area contributed by atoms with E-state index in [4.69, 9.17) is 9.47 Å². The van der Waals surface area contributed by atoms with E-state index in [1.54, 1.807) is 0 Å². The maximum Gasteiger partial charge on any atom is 0.157 e. The number of ether oxygens (including phenoxy) is 2. The largest absolute Gasteiger partial charge is 0.381 e. The summed E-state index contributed by atoms with van der Waals surface area (Å²) in [5, 5.41) is 4.68. The van der Waals surface area contributed by atoms with Crippen molar-refractivity contribution in [3.8, 4) is 0 Å². The highest BCUT2D eigenvalue weighted by Crippen LogP contribution is 2.29. The highest BCUT2D eigenvalue weighted by Gasteiger charge is 2.16. The van der Waals surface area contributed by atoms with Crippen LogP contribution in [0, 0.1) is 0 Å². The lowest BCUT2D eigenvalue weighted by molar-refractivity contribution is 0.1000. The van der Waals surface area contributed by atoms with E-state index in [0.29, 0.717) is 18.5 Å². The van der Waals surface area contributed by atoms with E-state index >= 15 is 0 Å². The molecule has 1 aromatic heterocycles. The third-order valence-electron chi connectivity index (χ3n) is 2.90. The van der Waals surface area contributed by atoms with Crippen LogP contribution in [0.4, 0.5) is 5.82 Å². The molecular weight excluding hydrogens is 262 g/mol. The van der Waals surface area contributed by atoms with Crippen molar-refractivity contribution in [2.75, 3.05) is 32.2 Å². The first-order chi connectivity index (χ1) is 9.31. The van der Waals surface area contributed by atoms with Crippen LogP contribution >= 0.6 is 11.8 Å². The lowest BCUT2D eigenvalue weighted by Crippen LogP contribution is -2.17. The summed E-state index contributed by atoms with van der Waals surface area (Å²) >= 11 is 1.82. The monoisotopic (exact) mass is 283 g/mol. The molecule has 106 valence electrons. The van der Waals surface area contributed by atoms with Crippen LogP contribution in [-0.4, -0.2) is 42.1 Å². The molecule has 2 heterocycles. The zero-order valence-electron chi connectivity index (χ0n) is 11.5. The Hall–Kier alpha value is -0.850. The van der Waals surface area contributed by atoms with Gasteiger partial charge in [0.25, 0.3) is 0 Å². The van der Waals surface area contributed by atoms with Crippen LogP contribution < -0.4 is 5.32 Å². The Bertz CT molecular complexity index is 397. The van der Waals surface area contributed by atoms with Crippen molar-refractivity contribution < 1.29 is 9.47 Å². The number of hydrogen-bond donors (Lipinski definition) is 1. The first-order valence-corrected chi connectivity index (χ1v) is 7.57. The second-order valence-electron chi connectivity index (χ2n) is 4.32. The Morgan fingerprint density at radius 1 is 1.42 bits per heavy atom. The van der Waals surface area contributed by atoms with Gasteiger partial charge in [0.1, 0.15) is 17.5 Å². The Balaban J connectivity index is 2.04. The molecule has 19 heavy (non-hydrogen) atoms. The second-order valence-corrected chi connectivity index (χ2v) is 5.65. The fourth-order valence-electron chi connectivity index (χ4n) is 1.88. The van der Waals surface area contributed by atoms with Crippen LogP contribution in [0.15, 0.2) is 11.1 Å². The third kappa shape index (κ3) is 4.63. The molecule has 1 N–H and O–H groups in total. The van der Waals surface area contributed by atoms with Gasteiger partial charge in [-0.3, -0.25) is 0 Å². The minimum absolute atomic E-state index is 0.466. The first kappa shape index (κ1) is 14.6. The zero-order valence-corrected chi connectivity index (χ0v) is 12.3. The summed E-state index contributed by atoms with van der Waals surface area (Å²) in [4.78, 5) is 8.96. The summed E-state index contributed by atoms with van der Waals surface area (Å²) in [6.45, 7) is 4.82. The number of rotatable bonds is 6. The Labute approximate surface area is 118 Å². The van der Waals surface area contributed by atoms with Gasteiger partial charge in [0.2, 0.25) is 0 Å². The van der Waals surface area contributed by atoms with Crippen LogP contribution in [0.5, 0.6) is 0 Å². The number of thioether (sulfide) groups is 1. The minimum atomic E-state index is 0.466. The number of anilines is 1. The Kier molecular flexibility index (Phi) is 5.88. The predicted octanol–water partition coefficient (Wildman–Crippen LogP) is 2.33. The zero-order chi connectivity index (χ0) is 13.5. The third-order valence-corrected chi connectivity index (χ3v) is 4.15. The van der Waals surface area contributed by atoms with Crippen LogP contribution in [0.3, 0.4) is 0 Å². The summed E-state index contributed by atoms with van der Waals surface area (Å²) in [6.07, 6.45) is 2.18. The van der Waals surface area contributed by atoms with Gasteiger partial charge in [0.05, 0.1) is 0 Å². The van der Waals surface area contributed by atoms with Crippen LogP contribution in [0.2, 0.25) is 0 Å². The van der Waals surface area contributed by atoms with E-state index < -0.39 is 0 Å². The number of hydrogen-bond acceptors (Lipinski definition) is 6. The van der Waals surface area contributed by atoms with E-state index in [1.165, 1.54) is 0 Å². The first-order valence-electron chi connectivity index (χ1n) is 6.69. The fraction of sp³-hybridized carbons (Fsp3) is 0.692. The molecule has 6 heteroatoms. The van der Waals surface area contributed by atoms with E-state index in [2.05, 4.69) is 15.3 Å². The van der Waals surface area contributed by atoms with E-state index in [9.17, 15) is 0 Å². The molecular formula is C13H21N3O2S. The van der Waals surface area contributed by atoms with Gasteiger partial charge in [-0.2, -0.15) is 0 Å². The normalized spacial score (nSPS) is 16.5. The fourth-order valence-corrected chi connectivity index (χ4v) is 2.99. The van der Waals surface area contributed by atoms with Gasteiger partial charge >= 0.3 is 0 Å². The van der Waals surface area contributed by atoms with E-state index in [1.807, 2.05) is 31.8 Å². The van der Waals surface area contributed by atoms with Crippen molar-refractivity contribution in [1.82, 2.24) is 9.97 Å². The average Bonchev–Trinajstić information content (AvgIpc) is 2.46. The predicted molar refractivity (Wildman–Crippen MR) is 76.6 cm³/mol. The van der Waals surface area contributed by atoms with Crippen molar-refractivity contribution in [3.63, 3.8) is 0 Å². The molecule has 0 aromatic carbocycles. The molecule has 5 nitrogen and oxygen atoms in total. The van der Waals surface area contributed by atoms with E-state index in [-0.39, 0.29) is 0 Å². The highest BCUT2D eigenvalue weighted by molar-refractivity contribution is 7.99. The summed E-state index contributed by atoms with van der Waals surface area (Å²) < 4.78 is 10.8. The van der Waals surface area contributed by atoms with Crippen molar-refractivity contribution in [2.24, 2.45) is 0 Å². The second kappa shape index (κ2) is 7.67. The number of nitrogens with zero attached hydrogens (tertiary/aromatic N) is 2. The summed E-state index contributed by atoms with van der Waals surface area (Å²) in [7, 11) is 1.87. The standard InChI is InChI=1S/C13H21N3O2S/c1-3-17-9-12-15-11(14-2)8-13(16-12)19-10-4-6-18-7-5-10/h8,10H,3-7,9H2,1-2H3,(H,14,15,16). The van der Waals surface area contributed by atoms with Crippen molar-refractivity contribution in [1.29, 1.82) is 0 Å². The molecule has 1 saturated heterocycles. The van der Waals surface area contributed by atoms with Crippen LogP contribution in [-0.2, 0) is 16.1 Å². The molecule has 1 aromatic rings. The summed E-state index contributed by atoms with van der Waals surface area (Å²) in [5.74, 6) is 1.59. The lowest BCUT2D eigenvalue weighted by atomic mass is 10.2. The SMILES string of the molecule is CCOCc1nc(NC)cc(SC2CCOCC2)n1. The van der Waals surface area contributed by atoms with Crippen molar-refractivity contribution >= 4 is 17.6 Å². The molecule has 0 spiro atoms. The maximum absolute atomic E-state index is 5.38. The van der Waals surface area contributed by atoms with Crippen LogP contribution in [0.1, 0.15) is 25.6 Å². The van der Waals surface area contributed by atoms with Gasteiger partial charge < -0.3 is 14.8 Å². The van der Waals surface area contributed by atoms with Crippen molar-refractivity contribution in [3.05, 3.63) is 11.9 Å². The molecule has 0 atom stereocenters. The van der Waals surface area contributed by atoms with Gasteiger partial charge in [0.15, 0.2) is 5.82 Å². The Morgan fingerprint density at radius 2 is 2.21 bits per heavy atom. The van der Waals surface area contributed by atoms with E-state index in [0.717, 1.165) is 42.7 Å². The smallest absolute Gasteiger partial charge is 0.157 e. The van der Waals surface area contributed by atoms with Gasteiger partial charge in [-0.25, -0.2) is 9.97 Å². The summed E-state index contributed by atoms with van der Waals surface area (Å²) in [5.41, 5.74) is 0. The number of nitrogens with one attached hydrogen (secondary N) is 1. The molecule has 0 aliphatic carbocycles. The lowest BCUT2D eigenvalue weighted by Gasteiger charge is -2.21. The number of aromatic nitrogens is 2. The van der Waals surface area contributed by atoms with Gasteiger partial charge in [-0.15, -0.1) is 11.8 Å². The van der Waals surface area contributed by atoms with Gasteiger partial charge in [-0.05, 0) is 19.8 Å². The molecule has 1 aliphatic rings. The average molecular weight is 283 g/mol. The minimum Gasteiger partial charge on any atom is -0.381 e. The molecule has 0 unspecified atom stereocenters. The summed E-state index contributed by atoms with van der Waals surface area (Å²) in [6, 6.07) is 2.00. The molecule has 0 radical (unpaired) electrons.